The Morgan fingerprint density at radius 3 is 2.47 bits per heavy atom. The molecule has 3 heteroatoms. The Morgan fingerprint density at radius 2 is 1.88 bits per heavy atom. The standard InChI is InChI=1S/C14H24N2O/c17-13(9-11-3-7-15-8-4-11)16-10-14(5-6-14)12-1-2-12/h11-12,15H,1-10H2,(H,16,17). The summed E-state index contributed by atoms with van der Waals surface area (Å²) >= 11 is 0. The van der Waals surface area contributed by atoms with Gasteiger partial charge in [-0.15, -0.1) is 0 Å². The van der Waals surface area contributed by atoms with Crippen LogP contribution in [0.5, 0.6) is 0 Å². The topological polar surface area (TPSA) is 41.1 Å². The summed E-state index contributed by atoms with van der Waals surface area (Å²) in [6.45, 7) is 3.13. The first-order valence-corrected chi connectivity index (χ1v) is 7.26. The highest BCUT2D eigenvalue weighted by Crippen LogP contribution is 2.60. The van der Waals surface area contributed by atoms with Crippen LogP contribution in [-0.2, 0) is 4.79 Å². The van der Waals surface area contributed by atoms with E-state index in [9.17, 15) is 4.79 Å². The number of hydrogen-bond acceptors (Lipinski definition) is 2. The van der Waals surface area contributed by atoms with Crippen LogP contribution in [0.3, 0.4) is 0 Å². The molecule has 0 aromatic rings. The third-order valence-electron chi connectivity index (χ3n) is 4.91. The molecule has 0 radical (unpaired) electrons. The summed E-state index contributed by atoms with van der Waals surface area (Å²) in [4.78, 5) is 11.9. The van der Waals surface area contributed by atoms with E-state index in [-0.39, 0.29) is 0 Å². The van der Waals surface area contributed by atoms with Gasteiger partial charge in [0.2, 0.25) is 5.91 Å². The van der Waals surface area contributed by atoms with Crippen LogP contribution in [0.4, 0.5) is 0 Å². The van der Waals surface area contributed by atoms with E-state index < -0.39 is 0 Å². The normalized spacial score (nSPS) is 27.8. The molecule has 1 saturated heterocycles. The molecule has 0 spiro atoms. The highest BCUT2D eigenvalue weighted by atomic mass is 16.1. The zero-order valence-electron chi connectivity index (χ0n) is 10.6. The summed E-state index contributed by atoms with van der Waals surface area (Å²) in [6.07, 6.45) is 8.61. The summed E-state index contributed by atoms with van der Waals surface area (Å²) in [5.74, 6) is 1.86. The molecule has 2 saturated carbocycles. The molecule has 1 heterocycles. The fourth-order valence-corrected chi connectivity index (χ4v) is 3.28. The van der Waals surface area contributed by atoms with Crippen LogP contribution in [0.2, 0.25) is 0 Å². The molecule has 0 atom stereocenters. The van der Waals surface area contributed by atoms with Gasteiger partial charge in [-0.2, -0.15) is 0 Å². The van der Waals surface area contributed by atoms with Crippen molar-refractivity contribution in [3.63, 3.8) is 0 Å². The van der Waals surface area contributed by atoms with Crippen molar-refractivity contribution in [1.82, 2.24) is 10.6 Å². The summed E-state index contributed by atoms with van der Waals surface area (Å²) in [7, 11) is 0. The molecule has 3 rings (SSSR count). The van der Waals surface area contributed by atoms with Gasteiger partial charge in [0, 0.05) is 13.0 Å². The molecule has 17 heavy (non-hydrogen) atoms. The zero-order chi connectivity index (χ0) is 11.7. The van der Waals surface area contributed by atoms with Gasteiger partial charge in [-0.3, -0.25) is 4.79 Å². The summed E-state index contributed by atoms with van der Waals surface area (Å²) in [6, 6.07) is 0. The molecule has 3 fully saturated rings. The van der Waals surface area contributed by atoms with Crippen LogP contribution in [-0.4, -0.2) is 25.5 Å². The van der Waals surface area contributed by atoms with E-state index in [1.807, 2.05) is 0 Å². The van der Waals surface area contributed by atoms with Crippen molar-refractivity contribution in [2.75, 3.05) is 19.6 Å². The number of hydrogen-bond donors (Lipinski definition) is 2. The lowest BCUT2D eigenvalue weighted by molar-refractivity contribution is -0.122. The second-order valence-electron chi connectivity index (χ2n) is 6.31. The second kappa shape index (κ2) is 4.60. The highest BCUT2D eigenvalue weighted by molar-refractivity contribution is 5.76. The van der Waals surface area contributed by atoms with Gasteiger partial charge in [0.1, 0.15) is 0 Å². The van der Waals surface area contributed by atoms with Crippen LogP contribution < -0.4 is 10.6 Å². The first-order valence-electron chi connectivity index (χ1n) is 7.26. The maximum absolute atomic E-state index is 11.9. The number of carbonyl (C=O) groups excluding carboxylic acids is 1. The Bertz CT molecular complexity index is 289. The lowest BCUT2D eigenvalue weighted by Gasteiger charge is -2.22. The largest absolute Gasteiger partial charge is 0.356 e. The zero-order valence-corrected chi connectivity index (χ0v) is 10.6. The van der Waals surface area contributed by atoms with Crippen LogP contribution >= 0.6 is 0 Å². The summed E-state index contributed by atoms with van der Waals surface area (Å²) < 4.78 is 0. The molecule has 1 amide bonds. The second-order valence-corrected chi connectivity index (χ2v) is 6.31. The van der Waals surface area contributed by atoms with Gasteiger partial charge in [-0.1, -0.05) is 0 Å². The minimum absolute atomic E-state index is 0.295. The van der Waals surface area contributed by atoms with Crippen LogP contribution in [0.15, 0.2) is 0 Å². The maximum Gasteiger partial charge on any atom is 0.220 e. The van der Waals surface area contributed by atoms with Crippen LogP contribution in [0.25, 0.3) is 0 Å². The lowest BCUT2D eigenvalue weighted by atomic mass is 9.94. The van der Waals surface area contributed by atoms with E-state index in [0.717, 1.165) is 32.0 Å². The SMILES string of the molecule is O=C(CC1CCNCC1)NCC1(C2CC2)CC1. The highest BCUT2D eigenvalue weighted by Gasteiger charge is 2.53. The minimum Gasteiger partial charge on any atom is -0.356 e. The van der Waals surface area contributed by atoms with Gasteiger partial charge >= 0.3 is 0 Å². The molecule has 2 aliphatic carbocycles. The molecule has 0 aromatic heterocycles. The van der Waals surface area contributed by atoms with Gasteiger partial charge < -0.3 is 10.6 Å². The fraction of sp³-hybridized carbons (Fsp3) is 0.929. The molecule has 2 N–H and O–H groups in total. The summed E-state index contributed by atoms with van der Waals surface area (Å²) in [5, 5.41) is 6.54. The molecular weight excluding hydrogens is 212 g/mol. The van der Waals surface area contributed by atoms with E-state index in [4.69, 9.17) is 0 Å². The maximum atomic E-state index is 11.9. The van der Waals surface area contributed by atoms with Crippen molar-refractivity contribution < 1.29 is 4.79 Å². The molecule has 0 unspecified atom stereocenters. The molecule has 96 valence electrons. The van der Waals surface area contributed by atoms with E-state index in [0.29, 0.717) is 17.2 Å². The van der Waals surface area contributed by atoms with E-state index >= 15 is 0 Å². The molecular formula is C14H24N2O. The van der Waals surface area contributed by atoms with E-state index in [2.05, 4.69) is 10.6 Å². The van der Waals surface area contributed by atoms with Crippen LogP contribution in [0.1, 0.15) is 44.9 Å². The van der Waals surface area contributed by atoms with Crippen molar-refractivity contribution >= 4 is 5.91 Å². The van der Waals surface area contributed by atoms with Crippen molar-refractivity contribution in [2.45, 2.75) is 44.9 Å². The number of rotatable bonds is 5. The Hall–Kier alpha value is -0.570. The molecule has 0 aromatic carbocycles. The lowest BCUT2D eigenvalue weighted by Crippen LogP contribution is -2.35. The number of nitrogens with one attached hydrogen (secondary N) is 2. The smallest absolute Gasteiger partial charge is 0.220 e. The van der Waals surface area contributed by atoms with E-state index in [1.54, 1.807) is 0 Å². The van der Waals surface area contributed by atoms with Crippen LogP contribution in [0, 0.1) is 17.3 Å². The van der Waals surface area contributed by atoms with Gasteiger partial charge in [-0.05, 0) is 68.9 Å². The average Bonchev–Trinajstić information content (AvgIpc) is 3.20. The van der Waals surface area contributed by atoms with Gasteiger partial charge in [0.05, 0.1) is 0 Å². The third kappa shape index (κ3) is 2.82. The average molecular weight is 236 g/mol. The van der Waals surface area contributed by atoms with Crippen molar-refractivity contribution in [3.05, 3.63) is 0 Å². The predicted octanol–water partition coefficient (Wildman–Crippen LogP) is 1.68. The first kappa shape index (κ1) is 11.5. The molecule has 3 aliphatic rings. The van der Waals surface area contributed by atoms with Gasteiger partial charge in [0.15, 0.2) is 0 Å². The number of amides is 1. The van der Waals surface area contributed by atoms with Crippen molar-refractivity contribution in [2.24, 2.45) is 17.3 Å². The minimum atomic E-state index is 0.295. The first-order chi connectivity index (χ1) is 8.28. The predicted molar refractivity (Wildman–Crippen MR) is 67.6 cm³/mol. The summed E-state index contributed by atoms with van der Waals surface area (Å²) in [5.41, 5.74) is 0.545. The van der Waals surface area contributed by atoms with Gasteiger partial charge in [0.25, 0.3) is 0 Å². The molecule has 3 nitrogen and oxygen atoms in total. The Kier molecular flexibility index (Phi) is 3.12. The van der Waals surface area contributed by atoms with Crippen molar-refractivity contribution in [1.29, 1.82) is 0 Å². The molecule has 0 bridgehead atoms. The fourth-order valence-electron chi connectivity index (χ4n) is 3.28. The van der Waals surface area contributed by atoms with Gasteiger partial charge in [-0.25, -0.2) is 0 Å². The Labute approximate surface area is 104 Å². The quantitative estimate of drug-likeness (QED) is 0.762. The Morgan fingerprint density at radius 1 is 1.18 bits per heavy atom. The number of carbonyl (C=O) groups is 1. The number of piperidine rings is 1. The Balaban J connectivity index is 1.38. The monoisotopic (exact) mass is 236 g/mol. The van der Waals surface area contributed by atoms with Crippen molar-refractivity contribution in [3.8, 4) is 0 Å². The van der Waals surface area contributed by atoms with E-state index in [1.165, 1.54) is 38.5 Å². The molecule has 1 aliphatic heterocycles. The third-order valence-corrected chi connectivity index (χ3v) is 4.91.